The van der Waals surface area contributed by atoms with Crippen LogP contribution in [0.5, 0.6) is 0 Å². The first-order valence-corrected chi connectivity index (χ1v) is 8.99. The van der Waals surface area contributed by atoms with Crippen molar-refractivity contribution in [1.82, 2.24) is 15.4 Å². The largest absolute Gasteiger partial charge is 0.348 e. The van der Waals surface area contributed by atoms with Crippen LogP contribution in [-0.4, -0.2) is 34.0 Å². The summed E-state index contributed by atoms with van der Waals surface area (Å²) in [4.78, 5) is 12.4. The number of nitrogens with one attached hydrogen (secondary N) is 3. The van der Waals surface area contributed by atoms with Crippen LogP contribution in [0.2, 0.25) is 0 Å². The topological polar surface area (TPSA) is 87.3 Å². The standard InChI is InChI=1S/C15H23N3O3S.ClH/c1-11(18-15(19)14-8-3-4-9-17-14)12-6-5-7-13(10-12)22(20,21)16-2;/h5-7,10-11,14,16-17H,3-4,8-9H2,1-2H3,(H,18,19);1H. The van der Waals surface area contributed by atoms with Gasteiger partial charge in [0.15, 0.2) is 0 Å². The molecule has 1 fully saturated rings. The van der Waals surface area contributed by atoms with Gasteiger partial charge in [-0.15, -0.1) is 12.4 Å². The molecule has 1 aromatic carbocycles. The first-order valence-electron chi connectivity index (χ1n) is 7.51. The minimum atomic E-state index is -3.48. The van der Waals surface area contributed by atoms with Crippen LogP contribution >= 0.6 is 12.4 Å². The van der Waals surface area contributed by atoms with Crippen LogP contribution in [-0.2, 0) is 14.8 Å². The molecule has 6 nitrogen and oxygen atoms in total. The molecular formula is C15H24ClN3O3S. The van der Waals surface area contributed by atoms with Gasteiger partial charge in [0.05, 0.1) is 17.0 Å². The Morgan fingerprint density at radius 3 is 2.70 bits per heavy atom. The number of amides is 1. The van der Waals surface area contributed by atoms with Crippen molar-refractivity contribution in [2.75, 3.05) is 13.6 Å². The third kappa shape index (κ3) is 5.17. The van der Waals surface area contributed by atoms with Gasteiger partial charge in [-0.2, -0.15) is 0 Å². The first kappa shape index (κ1) is 19.9. The van der Waals surface area contributed by atoms with E-state index in [1.807, 2.05) is 13.0 Å². The second-order valence-corrected chi connectivity index (χ2v) is 7.40. The Labute approximate surface area is 143 Å². The van der Waals surface area contributed by atoms with Gasteiger partial charge in [0, 0.05) is 0 Å². The maximum Gasteiger partial charge on any atom is 0.240 e. The van der Waals surface area contributed by atoms with Gasteiger partial charge in [0.25, 0.3) is 0 Å². The number of hydrogen-bond donors (Lipinski definition) is 3. The number of halogens is 1. The van der Waals surface area contributed by atoms with E-state index in [1.165, 1.54) is 13.1 Å². The molecule has 1 aromatic rings. The normalized spacial score (nSPS) is 19.5. The fraction of sp³-hybridized carbons (Fsp3) is 0.533. The zero-order valence-electron chi connectivity index (χ0n) is 13.3. The second-order valence-electron chi connectivity index (χ2n) is 5.51. The maximum atomic E-state index is 12.2. The summed E-state index contributed by atoms with van der Waals surface area (Å²) in [5, 5.41) is 6.15. The predicted molar refractivity (Wildman–Crippen MR) is 92.1 cm³/mol. The van der Waals surface area contributed by atoms with E-state index in [1.54, 1.807) is 12.1 Å². The van der Waals surface area contributed by atoms with Crippen molar-refractivity contribution in [2.24, 2.45) is 0 Å². The van der Waals surface area contributed by atoms with Gasteiger partial charge in [0.1, 0.15) is 0 Å². The summed E-state index contributed by atoms with van der Waals surface area (Å²) < 4.78 is 26.0. The lowest BCUT2D eigenvalue weighted by Crippen LogP contribution is -2.47. The van der Waals surface area contributed by atoms with Crippen LogP contribution in [0, 0.1) is 0 Å². The lowest BCUT2D eigenvalue weighted by atomic mass is 10.0. The fourth-order valence-corrected chi connectivity index (χ4v) is 3.33. The zero-order chi connectivity index (χ0) is 16.2. The molecule has 1 aliphatic rings. The van der Waals surface area contributed by atoms with Gasteiger partial charge in [0.2, 0.25) is 15.9 Å². The van der Waals surface area contributed by atoms with Crippen molar-refractivity contribution in [3.63, 3.8) is 0 Å². The smallest absolute Gasteiger partial charge is 0.240 e. The molecule has 1 saturated heterocycles. The summed E-state index contributed by atoms with van der Waals surface area (Å²) in [6.45, 7) is 2.72. The molecule has 8 heteroatoms. The van der Waals surface area contributed by atoms with Crippen LogP contribution in [0.3, 0.4) is 0 Å². The van der Waals surface area contributed by atoms with E-state index in [2.05, 4.69) is 15.4 Å². The maximum absolute atomic E-state index is 12.2. The Balaban J connectivity index is 0.00000264. The quantitative estimate of drug-likeness (QED) is 0.738. The van der Waals surface area contributed by atoms with E-state index in [-0.39, 0.29) is 35.3 Å². The van der Waals surface area contributed by atoms with Crippen LogP contribution < -0.4 is 15.4 Å². The number of piperidine rings is 1. The number of rotatable bonds is 5. The van der Waals surface area contributed by atoms with E-state index in [4.69, 9.17) is 0 Å². The van der Waals surface area contributed by atoms with E-state index in [0.29, 0.717) is 0 Å². The third-order valence-electron chi connectivity index (χ3n) is 3.92. The van der Waals surface area contributed by atoms with Crippen molar-refractivity contribution in [2.45, 2.75) is 43.2 Å². The Morgan fingerprint density at radius 2 is 2.09 bits per heavy atom. The van der Waals surface area contributed by atoms with Crippen molar-refractivity contribution < 1.29 is 13.2 Å². The van der Waals surface area contributed by atoms with Crippen molar-refractivity contribution in [1.29, 1.82) is 0 Å². The van der Waals surface area contributed by atoms with Crippen molar-refractivity contribution >= 4 is 28.3 Å². The lowest BCUT2D eigenvalue weighted by molar-refractivity contribution is -0.124. The molecule has 0 aliphatic carbocycles. The molecule has 0 aromatic heterocycles. The summed E-state index contributed by atoms with van der Waals surface area (Å²) in [5.41, 5.74) is 0.764. The number of carbonyl (C=O) groups is 1. The molecule has 23 heavy (non-hydrogen) atoms. The highest BCUT2D eigenvalue weighted by Gasteiger charge is 2.22. The summed E-state index contributed by atoms with van der Waals surface area (Å²) >= 11 is 0. The molecule has 0 bridgehead atoms. The first-order chi connectivity index (χ1) is 10.4. The van der Waals surface area contributed by atoms with E-state index >= 15 is 0 Å². The van der Waals surface area contributed by atoms with Gasteiger partial charge < -0.3 is 10.6 Å². The monoisotopic (exact) mass is 361 g/mol. The van der Waals surface area contributed by atoms with Gasteiger partial charge in [-0.3, -0.25) is 4.79 Å². The fourth-order valence-electron chi connectivity index (χ4n) is 2.54. The SMILES string of the molecule is CNS(=O)(=O)c1cccc(C(C)NC(=O)C2CCCCN2)c1.Cl. The molecule has 0 radical (unpaired) electrons. The number of carbonyl (C=O) groups excluding carboxylic acids is 1. The Hall–Kier alpha value is -1.15. The van der Waals surface area contributed by atoms with Crippen LogP contribution in [0.15, 0.2) is 29.2 Å². The Morgan fingerprint density at radius 1 is 1.35 bits per heavy atom. The molecule has 1 amide bonds. The minimum absolute atomic E-state index is 0. The van der Waals surface area contributed by atoms with Crippen molar-refractivity contribution in [3.05, 3.63) is 29.8 Å². The second kappa shape index (κ2) is 8.63. The van der Waals surface area contributed by atoms with Crippen LogP contribution in [0.4, 0.5) is 0 Å². The highest BCUT2D eigenvalue weighted by Crippen LogP contribution is 2.18. The van der Waals surface area contributed by atoms with E-state index < -0.39 is 10.0 Å². The van der Waals surface area contributed by atoms with Crippen LogP contribution in [0.1, 0.15) is 37.8 Å². The van der Waals surface area contributed by atoms with Crippen LogP contribution in [0.25, 0.3) is 0 Å². The number of benzene rings is 1. The average molecular weight is 362 g/mol. The highest BCUT2D eigenvalue weighted by atomic mass is 35.5. The summed E-state index contributed by atoms with van der Waals surface area (Å²) in [5.74, 6) is -0.0333. The van der Waals surface area contributed by atoms with Gasteiger partial charge in [-0.05, 0) is 51.1 Å². The summed E-state index contributed by atoms with van der Waals surface area (Å²) in [6.07, 6.45) is 2.99. The van der Waals surface area contributed by atoms with Gasteiger partial charge in [-0.25, -0.2) is 13.1 Å². The third-order valence-corrected chi connectivity index (χ3v) is 5.33. The summed E-state index contributed by atoms with van der Waals surface area (Å²) in [6, 6.07) is 6.22. The molecule has 1 heterocycles. The average Bonchev–Trinajstić information content (AvgIpc) is 2.55. The molecule has 2 unspecified atom stereocenters. The van der Waals surface area contributed by atoms with Gasteiger partial charge >= 0.3 is 0 Å². The minimum Gasteiger partial charge on any atom is -0.348 e. The number of sulfonamides is 1. The van der Waals surface area contributed by atoms with E-state index in [0.717, 1.165) is 31.4 Å². The van der Waals surface area contributed by atoms with E-state index in [9.17, 15) is 13.2 Å². The predicted octanol–water partition coefficient (Wildman–Crippen LogP) is 1.34. The molecule has 2 atom stereocenters. The van der Waals surface area contributed by atoms with Gasteiger partial charge in [-0.1, -0.05) is 18.6 Å². The highest BCUT2D eigenvalue weighted by molar-refractivity contribution is 7.89. The molecule has 0 spiro atoms. The molecule has 1 aliphatic heterocycles. The summed E-state index contributed by atoms with van der Waals surface area (Å²) in [7, 11) is -2.10. The molecule has 130 valence electrons. The Bertz CT molecular complexity index is 631. The lowest BCUT2D eigenvalue weighted by Gasteiger charge is -2.24. The molecule has 2 rings (SSSR count). The Kier molecular flexibility index (Phi) is 7.47. The van der Waals surface area contributed by atoms with Crippen molar-refractivity contribution in [3.8, 4) is 0 Å². The number of hydrogen-bond acceptors (Lipinski definition) is 4. The molecule has 0 saturated carbocycles. The molecular weight excluding hydrogens is 338 g/mol. The zero-order valence-corrected chi connectivity index (χ0v) is 15.0. The molecule has 3 N–H and O–H groups in total.